The summed E-state index contributed by atoms with van der Waals surface area (Å²) in [4.78, 5) is 13.2. The molecular weight excluding hydrogens is 200 g/mol. The molecule has 0 fully saturated rings. The van der Waals surface area contributed by atoms with E-state index in [0.29, 0.717) is 6.54 Å². The van der Waals surface area contributed by atoms with Gasteiger partial charge in [-0.05, 0) is 25.7 Å². The maximum atomic E-state index is 11.1. The number of amides is 1. The Hall–Kier alpha value is -1.61. The zero-order valence-electron chi connectivity index (χ0n) is 9.81. The van der Waals surface area contributed by atoms with Crippen molar-refractivity contribution < 1.29 is 4.79 Å². The Morgan fingerprint density at radius 3 is 2.56 bits per heavy atom. The van der Waals surface area contributed by atoms with Gasteiger partial charge in [-0.1, -0.05) is 36.9 Å². The van der Waals surface area contributed by atoms with Crippen LogP contribution in [0, 0.1) is 0 Å². The molecule has 0 aliphatic carbocycles. The molecule has 1 aromatic rings. The van der Waals surface area contributed by atoms with Crippen molar-refractivity contribution in [1.82, 2.24) is 10.2 Å². The third-order valence-corrected chi connectivity index (χ3v) is 2.46. The highest BCUT2D eigenvalue weighted by molar-refractivity contribution is 5.86. The number of benzene rings is 1. The van der Waals surface area contributed by atoms with E-state index in [9.17, 15) is 4.79 Å². The van der Waals surface area contributed by atoms with Crippen LogP contribution in [0.4, 0.5) is 0 Å². The molecule has 0 aliphatic heterocycles. The summed E-state index contributed by atoms with van der Waals surface area (Å²) in [6.45, 7) is 4.02. The first-order valence-corrected chi connectivity index (χ1v) is 5.26. The van der Waals surface area contributed by atoms with Crippen molar-refractivity contribution in [3.63, 3.8) is 0 Å². The van der Waals surface area contributed by atoms with Gasteiger partial charge in [-0.25, -0.2) is 0 Å². The molecule has 3 nitrogen and oxygen atoms in total. The third-order valence-electron chi connectivity index (χ3n) is 2.46. The number of hydrogen-bond acceptors (Lipinski definition) is 2. The second-order valence-electron chi connectivity index (χ2n) is 3.84. The standard InChI is InChI=1S/C13H18N2O/c1-4-13(16)14-10-12(15(2)3)11-8-6-5-7-9-11/h4-9,12H,1,10H2,2-3H3,(H,14,16). The monoisotopic (exact) mass is 218 g/mol. The van der Waals surface area contributed by atoms with Gasteiger partial charge in [-0.15, -0.1) is 0 Å². The van der Waals surface area contributed by atoms with Gasteiger partial charge in [0.25, 0.3) is 0 Å². The molecule has 86 valence electrons. The van der Waals surface area contributed by atoms with Gasteiger partial charge in [0.1, 0.15) is 0 Å². The molecular formula is C13H18N2O. The number of carbonyl (C=O) groups is 1. The van der Waals surface area contributed by atoms with Crippen molar-refractivity contribution in [2.45, 2.75) is 6.04 Å². The lowest BCUT2D eigenvalue weighted by molar-refractivity contribution is -0.116. The maximum absolute atomic E-state index is 11.1. The number of likely N-dealkylation sites (N-methyl/N-ethyl adjacent to an activating group) is 1. The predicted octanol–water partition coefficient (Wildman–Crippen LogP) is 1.59. The van der Waals surface area contributed by atoms with Gasteiger partial charge in [0, 0.05) is 6.54 Å². The second-order valence-corrected chi connectivity index (χ2v) is 3.84. The van der Waals surface area contributed by atoms with Crippen LogP contribution in [0.25, 0.3) is 0 Å². The molecule has 1 atom stereocenters. The van der Waals surface area contributed by atoms with Crippen LogP contribution in [0.1, 0.15) is 11.6 Å². The van der Waals surface area contributed by atoms with Crippen molar-refractivity contribution in [1.29, 1.82) is 0 Å². The van der Waals surface area contributed by atoms with E-state index in [0.717, 1.165) is 0 Å². The van der Waals surface area contributed by atoms with E-state index in [-0.39, 0.29) is 11.9 Å². The van der Waals surface area contributed by atoms with Gasteiger partial charge in [-0.2, -0.15) is 0 Å². The molecule has 1 amide bonds. The molecule has 16 heavy (non-hydrogen) atoms. The summed E-state index contributed by atoms with van der Waals surface area (Å²) < 4.78 is 0. The van der Waals surface area contributed by atoms with Crippen molar-refractivity contribution in [3.05, 3.63) is 48.6 Å². The van der Waals surface area contributed by atoms with Crippen LogP contribution in [0.15, 0.2) is 43.0 Å². The lowest BCUT2D eigenvalue weighted by Crippen LogP contribution is -2.33. The van der Waals surface area contributed by atoms with E-state index in [1.54, 1.807) is 0 Å². The van der Waals surface area contributed by atoms with Crippen LogP contribution in [-0.2, 0) is 4.79 Å². The maximum Gasteiger partial charge on any atom is 0.243 e. The first kappa shape index (κ1) is 12.5. The largest absolute Gasteiger partial charge is 0.351 e. The molecule has 0 spiro atoms. The smallest absolute Gasteiger partial charge is 0.243 e. The molecule has 0 saturated carbocycles. The molecule has 0 aliphatic rings. The molecule has 3 heteroatoms. The zero-order chi connectivity index (χ0) is 12.0. The van der Waals surface area contributed by atoms with E-state index in [2.05, 4.69) is 28.9 Å². The van der Waals surface area contributed by atoms with Crippen LogP contribution < -0.4 is 5.32 Å². The number of nitrogens with one attached hydrogen (secondary N) is 1. The van der Waals surface area contributed by atoms with Gasteiger partial charge in [0.05, 0.1) is 6.04 Å². The summed E-state index contributed by atoms with van der Waals surface area (Å²) in [6.07, 6.45) is 1.29. The average molecular weight is 218 g/mol. The molecule has 0 heterocycles. The summed E-state index contributed by atoms with van der Waals surface area (Å²) in [5.41, 5.74) is 1.19. The van der Waals surface area contributed by atoms with Gasteiger partial charge >= 0.3 is 0 Å². The van der Waals surface area contributed by atoms with Crippen LogP contribution in [0.5, 0.6) is 0 Å². The quantitative estimate of drug-likeness (QED) is 0.761. The Balaban J connectivity index is 2.69. The minimum absolute atomic E-state index is 0.136. The van der Waals surface area contributed by atoms with Crippen LogP contribution in [-0.4, -0.2) is 31.4 Å². The molecule has 0 radical (unpaired) electrons. The van der Waals surface area contributed by atoms with Crippen molar-refractivity contribution in [2.75, 3.05) is 20.6 Å². The van der Waals surface area contributed by atoms with Crippen molar-refractivity contribution in [3.8, 4) is 0 Å². The summed E-state index contributed by atoms with van der Waals surface area (Å²) in [6, 6.07) is 10.3. The fraction of sp³-hybridized carbons (Fsp3) is 0.308. The molecule has 0 bridgehead atoms. The van der Waals surface area contributed by atoms with Crippen molar-refractivity contribution >= 4 is 5.91 Å². The minimum atomic E-state index is -0.136. The topological polar surface area (TPSA) is 32.3 Å². The minimum Gasteiger partial charge on any atom is -0.351 e. The van der Waals surface area contributed by atoms with E-state index in [1.807, 2.05) is 32.3 Å². The Bertz CT molecular complexity index is 346. The van der Waals surface area contributed by atoms with E-state index >= 15 is 0 Å². The van der Waals surface area contributed by atoms with Crippen LogP contribution >= 0.6 is 0 Å². The third kappa shape index (κ3) is 3.51. The van der Waals surface area contributed by atoms with Crippen molar-refractivity contribution in [2.24, 2.45) is 0 Å². The zero-order valence-corrected chi connectivity index (χ0v) is 9.81. The van der Waals surface area contributed by atoms with E-state index in [4.69, 9.17) is 0 Å². The lowest BCUT2D eigenvalue weighted by Gasteiger charge is -2.24. The summed E-state index contributed by atoms with van der Waals surface area (Å²) in [7, 11) is 4.00. The number of hydrogen-bond donors (Lipinski definition) is 1. The van der Waals surface area contributed by atoms with Gasteiger partial charge in [0.2, 0.25) is 5.91 Å². The highest BCUT2D eigenvalue weighted by Gasteiger charge is 2.13. The fourth-order valence-electron chi connectivity index (χ4n) is 1.54. The lowest BCUT2D eigenvalue weighted by atomic mass is 10.1. The number of nitrogens with zero attached hydrogens (tertiary/aromatic N) is 1. The normalized spacial score (nSPS) is 12.2. The molecule has 0 saturated heterocycles. The Morgan fingerprint density at radius 2 is 2.06 bits per heavy atom. The molecule has 1 unspecified atom stereocenters. The number of carbonyl (C=O) groups excluding carboxylic acids is 1. The predicted molar refractivity (Wildman–Crippen MR) is 66.1 cm³/mol. The summed E-state index contributed by atoms with van der Waals surface area (Å²) in [5.74, 6) is -0.136. The number of rotatable bonds is 5. The van der Waals surface area contributed by atoms with Crippen LogP contribution in [0.3, 0.4) is 0 Å². The Kier molecular flexibility index (Phi) is 4.73. The van der Waals surface area contributed by atoms with Gasteiger partial charge in [-0.3, -0.25) is 4.79 Å². The van der Waals surface area contributed by atoms with E-state index in [1.165, 1.54) is 11.6 Å². The van der Waals surface area contributed by atoms with Gasteiger partial charge in [0.15, 0.2) is 0 Å². The highest BCUT2D eigenvalue weighted by Crippen LogP contribution is 2.16. The Labute approximate surface area is 96.8 Å². The van der Waals surface area contributed by atoms with E-state index < -0.39 is 0 Å². The molecule has 1 rings (SSSR count). The fourth-order valence-corrected chi connectivity index (χ4v) is 1.54. The second kappa shape index (κ2) is 6.08. The first-order valence-electron chi connectivity index (χ1n) is 5.26. The highest BCUT2D eigenvalue weighted by atomic mass is 16.1. The van der Waals surface area contributed by atoms with Crippen LogP contribution in [0.2, 0.25) is 0 Å². The summed E-state index contributed by atoms with van der Waals surface area (Å²) in [5, 5.41) is 2.81. The summed E-state index contributed by atoms with van der Waals surface area (Å²) >= 11 is 0. The molecule has 0 aromatic heterocycles. The average Bonchev–Trinajstić information content (AvgIpc) is 2.30. The SMILES string of the molecule is C=CC(=O)NCC(c1ccccc1)N(C)C. The Morgan fingerprint density at radius 1 is 1.44 bits per heavy atom. The first-order chi connectivity index (χ1) is 7.65. The van der Waals surface area contributed by atoms with Gasteiger partial charge < -0.3 is 10.2 Å². The molecule has 1 N–H and O–H groups in total. The molecule has 1 aromatic carbocycles.